The fourth-order valence-electron chi connectivity index (χ4n) is 0.796. The molecule has 0 aromatic heterocycles. The van der Waals surface area contributed by atoms with Gasteiger partial charge in [-0.05, 0) is 17.5 Å². The summed E-state index contributed by atoms with van der Waals surface area (Å²) in [6.45, 7) is 6.74. The SMILES string of the molecule is C[Si](C)(C)/C(Cl)=C/Sc1ccccc1. The molecule has 0 saturated carbocycles. The van der Waals surface area contributed by atoms with Crippen molar-refractivity contribution in [3.8, 4) is 0 Å². The van der Waals surface area contributed by atoms with Gasteiger partial charge in [0.25, 0.3) is 0 Å². The molecule has 0 aliphatic carbocycles. The van der Waals surface area contributed by atoms with E-state index >= 15 is 0 Å². The Morgan fingerprint density at radius 1 is 1.21 bits per heavy atom. The zero-order chi connectivity index (χ0) is 10.6. The third-order valence-electron chi connectivity index (χ3n) is 1.76. The number of hydrogen-bond acceptors (Lipinski definition) is 1. The van der Waals surface area contributed by atoms with Crippen LogP contribution in [0, 0.1) is 0 Å². The van der Waals surface area contributed by atoms with Gasteiger partial charge in [0.2, 0.25) is 0 Å². The summed E-state index contributed by atoms with van der Waals surface area (Å²) in [6, 6.07) is 10.3. The van der Waals surface area contributed by atoms with Crippen molar-refractivity contribution in [1.82, 2.24) is 0 Å². The fourth-order valence-corrected chi connectivity index (χ4v) is 3.07. The van der Waals surface area contributed by atoms with Crippen LogP contribution in [0.5, 0.6) is 0 Å². The summed E-state index contributed by atoms with van der Waals surface area (Å²) in [6.07, 6.45) is 0. The molecule has 0 spiro atoms. The highest BCUT2D eigenvalue weighted by Gasteiger charge is 2.17. The van der Waals surface area contributed by atoms with Crippen LogP contribution < -0.4 is 0 Å². The molecule has 0 bridgehead atoms. The molecule has 0 aliphatic heterocycles. The van der Waals surface area contributed by atoms with Crippen molar-refractivity contribution < 1.29 is 0 Å². The van der Waals surface area contributed by atoms with Gasteiger partial charge in [0.15, 0.2) is 0 Å². The van der Waals surface area contributed by atoms with Gasteiger partial charge in [-0.15, -0.1) is 0 Å². The Morgan fingerprint density at radius 3 is 2.29 bits per heavy atom. The molecule has 0 radical (unpaired) electrons. The van der Waals surface area contributed by atoms with Gasteiger partial charge in [-0.3, -0.25) is 0 Å². The second-order valence-electron chi connectivity index (χ2n) is 4.15. The van der Waals surface area contributed by atoms with Crippen LogP contribution in [0.15, 0.2) is 45.3 Å². The predicted molar refractivity (Wildman–Crippen MR) is 69.6 cm³/mol. The second kappa shape index (κ2) is 5.05. The normalized spacial score (nSPS) is 13.0. The van der Waals surface area contributed by atoms with Crippen molar-refractivity contribution in [3.63, 3.8) is 0 Å². The van der Waals surface area contributed by atoms with E-state index in [-0.39, 0.29) is 0 Å². The van der Waals surface area contributed by atoms with Crippen LogP contribution in [-0.4, -0.2) is 8.07 Å². The topological polar surface area (TPSA) is 0 Å². The number of benzene rings is 1. The quantitative estimate of drug-likeness (QED) is 0.545. The van der Waals surface area contributed by atoms with Crippen LogP contribution in [0.4, 0.5) is 0 Å². The second-order valence-corrected chi connectivity index (χ2v) is 10.9. The highest BCUT2D eigenvalue weighted by atomic mass is 35.5. The lowest BCUT2D eigenvalue weighted by atomic mass is 10.4. The average molecular weight is 243 g/mol. The monoisotopic (exact) mass is 242 g/mol. The maximum Gasteiger partial charge on any atom is 0.0929 e. The van der Waals surface area contributed by atoms with Crippen molar-refractivity contribution in [2.75, 3.05) is 0 Å². The molecule has 76 valence electrons. The summed E-state index contributed by atoms with van der Waals surface area (Å²) in [5, 5.41) is 2.07. The van der Waals surface area contributed by atoms with Crippen LogP contribution in [0.3, 0.4) is 0 Å². The van der Waals surface area contributed by atoms with E-state index in [2.05, 4.69) is 37.2 Å². The molecule has 0 fully saturated rings. The highest BCUT2D eigenvalue weighted by molar-refractivity contribution is 8.02. The summed E-state index contributed by atoms with van der Waals surface area (Å²) < 4.78 is 1.03. The van der Waals surface area contributed by atoms with Crippen LogP contribution in [0.25, 0.3) is 0 Å². The molecule has 0 nitrogen and oxygen atoms in total. The smallest absolute Gasteiger partial charge is 0.0929 e. The van der Waals surface area contributed by atoms with Gasteiger partial charge in [0, 0.05) is 9.55 Å². The molecule has 0 N–H and O–H groups in total. The summed E-state index contributed by atoms with van der Waals surface area (Å²) in [5.41, 5.74) is 0. The van der Waals surface area contributed by atoms with Gasteiger partial charge in [-0.2, -0.15) is 0 Å². The van der Waals surface area contributed by atoms with Crippen molar-refractivity contribution >= 4 is 31.4 Å². The van der Waals surface area contributed by atoms with Crippen LogP contribution in [-0.2, 0) is 0 Å². The van der Waals surface area contributed by atoms with Crippen LogP contribution in [0.2, 0.25) is 19.6 Å². The molecule has 0 saturated heterocycles. The van der Waals surface area contributed by atoms with E-state index in [0.29, 0.717) is 0 Å². The van der Waals surface area contributed by atoms with E-state index < -0.39 is 8.07 Å². The first-order chi connectivity index (χ1) is 6.50. The molecule has 1 aromatic rings. The summed E-state index contributed by atoms with van der Waals surface area (Å²) in [5.74, 6) is 0. The van der Waals surface area contributed by atoms with E-state index in [1.165, 1.54) is 4.90 Å². The largest absolute Gasteiger partial charge is 0.0973 e. The van der Waals surface area contributed by atoms with E-state index in [0.717, 1.165) is 4.66 Å². The molecule has 0 amide bonds. The standard InChI is InChI=1S/C11H15ClSSi/c1-14(2,3)11(12)9-13-10-7-5-4-6-8-10/h4-9H,1-3H3/b11-9+. The van der Waals surface area contributed by atoms with Crippen LogP contribution >= 0.6 is 23.4 Å². The maximum atomic E-state index is 6.21. The fraction of sp³-hybridized carbons (Fsp3) is 0.273. The Labute approximate surface area is 96.4 Å². The average Bonchev–Trinajstić information content (AvgIpc) is 2.14. The van der Waals surface area contributed by atoms with E-state index in [4.69, 9.17) is 11.6 Å². The minimum atomic E-state index is -1.31. The zero-order valence-corrected chi connectivity index (χ0v) is 11.3. The lowest BCUT2D eigenvalue weighted by Gasteiger charge is -2.13. The summed E-state index contributed by atoms with van der Waals surface area (Å²) in [4.78, 5) is 1.24. The number of thioether (sulfide) groups is 1. The summed E-state index contributed by atoms with van der Waals surface area (Å²) in [7, 11) is -1.31. The Kier molecular flexibility index (Phi) is 4.29. The van der Waals surface area contributed by atoms with Crippen molar-refractivity contribution in [1.29, 1.82) is 0 Å². The van der Waals surface area contributed by atoms with Gasteiger partial charge < -0.3 is 0 Å². The minimum Gasteiger partial charge on any atom is -0.0973 e. The Morgan fingerprint density at radius 2 is 1.79 bits per heavy atom. The van der Waals surface area contributed by atoms with E-state index in [9.17, 15) is 0 Å². The number of rotatable bonds is 3. The van der Waals surface area contributed by atoms with E-state index in [1.54, 1.807) is 11.8 Å². The lowest BCUT2D eigenvalue weighted by molar-refractivity contribution is 1.47. The minimum absolute atomic E-state index is 1.03. The predicted octanol–water partition coefficient (Wildman–Crippen LogP) is 4.74. The maximum absolute atomic E-state index is 6.21. The first-order valence-corrected chi connectivity index (χ1v) is 9.34. The molecule has 0 aliphatic rings. The van der Waals surface area contributed by atoms with Gasteiger partial charge in [-0.1, -0.05) is 61.2 Å². The Balaban J connectivity index is 2.65. The summed E-state index contributed by atoms with van der Waals surface area (Å²) >= 11 is 7.90. The number of halogens is 1. The van der Waals surface area contributed by atoms with Gasteiger partial charge in [0.05, 0.1) is 8.07 Å². The molecular formula is C11H15ClSSi. The molecule has 1 rings (SSSR count). The molecule has 14 heavy (non-hydrogen) atoms. The Bertz CT molecular complexity index is 314. The molecular weight excluding hydrogens is 228 g/mol. The first-order valence-electron chi connectivity index (χ1n) is 4.58. The molecule has 3 heteroatoms. The molecule has 1 aromatic carbocycles. The van der Waals surface area contributed by atoms with Gasteiger partial charge in [0.1, 0.15) is 0 Å². The Hall–Kier alpha value is -0.183. The van der Waals surface area contributed by atoms with E-state index in [1.807, 2.05) is 18.2 Å². The molecule has 0 atom stereocenters. The van der Waals surface area contributed by atoms with Crippen molar-refractivity contribution in [2.45, 2.75) is 24.5 Å². The molecule has 0 unspecified atom stereocenters. The molecule has 0 heterocycles. The first kappa shape index (κ1) is 11.9. The zero-order valence-electron chi connectivity index (χ0n) is 8.75. The third kappa shape index (κ3) is 3.90. The van der Waals surface area contributed by atoms with Gasteiger partial charge in [-0.25, -0.2) is 0 Å². The number of hydrogen-bond donors (Lipinski definition) is 0. The lowest BCUT2D eigenvalue weighted by Crippen LogP contribution is -2.20. The van der Waals surface area contributed by atoms with Gasteiger partial charge >= 0.3 is 0 Å². The van der Waals surface area contributed by atoms with Crippen LogP contribution in [0.1, 0.15) is 0 Å². The highest BCUT2D eigenvalue weighted by Crippen LogP contribution is 2.26. The van der Waals surface area contributed by atoms with Crippen molar-refractivity contribution in [2.24, 2.45) is 0 Å². The van der Waals surface area contributed by atoms with Crippen molar-refractivity contribution in [3.05, 3.63) is 40.4 Å². The third-order valence-corrected chi connectivity index (χ3v) is 6.38.